The second kappa shape index (κ2) is 6.19. The van der Waals surface area contributed by atoms with Gasteiger partial charge in [-0.3, -0.25) is 9.48 Å². The molecule has 1 heterocycles. The Kier molecular flexibility index (Phi) is 4.58. The minimum atomic E-state index is -0.0476. The number of aliphatic hydroxyl groups excluding tert-OH is 1. The van der Waals surface area contributed by atoms with Gasteiger partial charge in [0.25, 0.3) is 5.91 Å². The van der Waals surface area contributed by atoms with Crippen LogP contribution in [0, 0.1) is 11.8 Å². The van der Waals surface area contributed by atoms with Gasteiger partial charge in [-0.2, -0.15) is 5.10 Å². The third-order valence-electron chi connectivity index (χ3n) is 4.06. The van der Waals surface area contributed by atoms with Crippen LogP contribution in [-0.2, 0) is 13.5 Å². The maximum atomic E-state index is 12.2. The number of nitrogens with one attached hydrogen (secondary N) is 1. The van der Waals surface area contributed by atoms with Crippen molar-refractivity contribution in [3.63, 3.8) is 0 Å². The lowest BCUT2D eigenvalue weighted by molar-refractivity contribution is 0.0937. The average Bonchev–Trinajstić information content (AvgIpc) is 3.01. The number of hydrogen-bond acceptors (Lipinski definition) is 3. The highest BCUT2D eigenvalue weighted by molar-refractivity contribution is 5.95. The Morgan fingerprint density at radius 2 is 2.26 bits per heavy atom. The van der Waals surface area contributed by atoms with Crippen LogP contribution in [-0.4, -0.2) is 33.9 Å². The SMILES string of the molecule is CCc1nn(C)cc1C(=O)NCC1CCCC1CO. The Morgan fingerprint density at radius 3 is 2.95 bits per heavy atom. The smallest absolute Gasteiger partial charge is 0.254 e. The van der Waals surface area contributed by atoms with Gasteiger partial charge in [0.1, 0.15) is 0 Å². The van der Waals surface area contributed by atoms with Crippen molar-refractivity contribution in [3.8, 4) is 0 Å². The van der Waals surface area contributed by atoms with E-state index in [2.05, 4.69) is 10.4 Å². The molecular weight excluding hydrogens is 242 g/mol. The van der Waals surface area contributed by atoms with E-state index in [4.69, 9.17) is 0 Å². The summed E-state index contributed by atoms with van der Waals surface area (Å²) in [6.07, 6.45) is 5.85. The summed E-state index contributed by atoms with van der Waals surface area (Å²) >= 11 is 0. The maximum Gasteiger partial charge on any atom is 0.254 e. The number of nitrogens with zero attached hydrogens (tertiary/aromatic N) is 2. The Hall–Kier alpha value is -1.36. The quantitative estimate of drug-likeness (QED) is 0.838. The second-order valence-corrected chi connectivity index (χ2v) is 5.36. The van der Waals surface area contributed by atoms with Crippen molar-refractivity contribution in [2.75, 3.05) is 13.2 Å². The molecule has 1 saturated carbocycles. The summed E-state index contributed by atoms with van der Waals surface area (Å²) in [4.78, 5) is 12.2. The van der Waals surface area contributed by atoms with E-state index in [0.717, 1.165) is 31.4 Å². The maximum absolute atomic E-state index is 12.2. The first-order chi connectivity index (χ1) is 9.15. The van der Waals surface area contributed by atoms with Gasteiger partial charge >= 0.3 is 0 Å². The molecule has 2 N–H and O–H groups in total. The van der Waals surface area contributed by atoms with Crippen molar-refractivity contribution in [2.24, 2.45) is 18.9 Å². The van der Waals surface area contributed by atoms with Crippen molar-refractivity contribution in [2.45, 2.75) is 32.6 Å². The van der Waals surface area contributed by atoms with Gasteiger partial charge in [-0.05, 0) is 31.1 Å². The fourth-order valence-electron chi connectivity index (χ4n) is 2.93. The van der Waals surface area contributed by atoms with E-state index < -0.39 is 0 Å². The molecule has 1 aliphatic rings. The lowest BCUT2D eigenvalue weighted by Crippen LogP contribution is -2.32. The lowest BCUT2D eigenvalue weighted by atomic mass is 9.97. The van der Waals surface area contributed by atoms with Gasteiger partial charge in [0.05, 0.1) is 11.3 Å². The van der Waals surface area contributed by atoms with E-state index in [1.807, 2.05) is 14.0 Å². The molecule has 1 aliphatic carbocycles. The number of aromatic nitrogens is 2. The number of hydrogen-bond donors (Lipinski definition) is 2. The van der Waals surface area contributed by atoms with Gasteiger partial charge < -0.3 is 10.4 Å². The fraction of sp³-hybridized carbons (Fsp3) is 0.714. The summed E-state index contributed by atoms with van der Waals surface area (Å²) in [5.74, 6) is 0.712. The Balaban J connectivity index is 1.94. The summed E-state index contributed by atoms with van der Waals surface area (Å²) in [6.45, 7) is 2.88. The van der Waals surface area contributed by atoms with Crippen LogP contribution in [0.15, 0.2) is 6.20 Å². The monoisotopic (exact) mass is 265 g/mol. The predicted molar refractivity (Wildman–Crippen MR) is 72.8 cm³/mol. The summed E-state index contributed by atoms with van der Waals surface area (Å²) < 4.78 is 1.68. The van der Waals surface area contributed by atoms with Crippen LogP contribution in [0.2, 0.25) is 0 Å². The average molecular weight is 265 g/mol. The largest absolute Gasteiger partial charge is 0.396 e. The molecule has 1 amide bonds. The van der Waals surface area contributed by atoms with Crippen molar-refractivity contribution in [3.05, 3.63) is 17.5 Å². The predicted octanol–water partition coefficient (Wildman–Crippen LogP) is 1.12. The minimum absolute atomic E-state index is 0.0476. The molecule has 0 aliphatic heterocycles. The first-order valence-electron chi connectivity index (χ1n) is 7.07. The number of aryl methyl sites for hydroxylation is 2. The van der Waals surface area contributed by atoms with Crippen LogP contribution >= 0.6 is 0 Å². The van der Waals surface area contributed by atoms with Crippen LogP contribution in [0.1, 0.15) is 42.2 Å². The molecule has 2 atom stereocenters. The first kappa shape index (κ1) is 14.1. The summed E-state index contributed by atoms with van der Waals surface area (Å²) in [6, 6.07) is 0. The third-order valence-corrected chi connectivity index (χ3v) is 4.06. The molecule has 106 valence electrons. The van der Waals surface area contributed by atoms with Crippen LogP contribution in [0.3, 0.4) is 0 Å². The van der Waals surface area contributed by atoms with E-state index in [1.165, 1.54) is 0 Å². The number of amides is 1. The molecule has 0 bridgehead atoms. The van der Waals surface area contributed by atoms with E-state index in [-0.39, 0.29) is 12.5 Å². The van der Waals surface area contributed by atoms with Crippen molar-refractivity contribution in [1.29, 1.82) is 0 Å². The number of carbonyl (C=O) groups is 1. The molecule has 0 saturated heterocycles. The molecule has 5 nitrogen and oxygen atoms in total. The molecule has 5 heteroatoms. The van der Waals surface area contributed by atoms with Gasteiger partial charge in [0, 0.05) is 26.4 Å². The van der Waals surface area contributed by atoms with Gasteiger partial charge in [-0.25, -0.2) is 0 Å². The zero-order valence-electron chi connectivity index (χ0n) is 11.7. The summed E-state index contributed by atoms with van der Waals surface area (Å²) in [7, 11) is 1.83. The standard InChI is InChI=1S/C14H23N3O2/c1-3-13-12(8-17(2)16-13)14(19)15-7-10-5-4-6-11(10)9-18/h8,10-11,18H,3-7,9H2,1-2H3,(H,15,19). The van der Waals surface area contributed by atoms with E-state index >= 15 is 0 Å². The highest BCUT2D eigenvalue weighted by atomic mass is 16.3. The summed E-state index contributed by atoms with van der Waals surface area (Å²) in [5, 5.41) is 16.5. The first-order valence-corrected chi connectivity index (χ1v) is 7.07. The normalized spacial score (nSPS) is 22.7. The highest BCUT2D eigenvalue weighted by Crippen LogP contribution is 2.30. The van der Waals surface area contributed by atoms with E-state index in [0.29, 0.717) is 23.9 Å². The molecule has 1 aromatic heterocycles. The fourth-order valence-corrected chi connectivity index (χ4v) is 2.93. The van der Waals surface area contributed by atoms with Crippen LogP contribution in [0.4, 0.5) is 0 Å². The van der Waals surface area contributed by atoms with Crippen LogP contribution < -0.4 is 5.32 Å². The minimum Gasteiger partial charge on any atom is -0.396 e. The number of carbonyl (C=O) groups excluding carboxylic acids is 1. The number of aliphatic hydroxyl groups is 1. The number of rotatable bonds is 5. The van der Waals surface area contributed by atoms with Gasteiger partial charge in [-0.15, -0.1) is 0 Å². The molecule has 0 spiro atoms. The van der Waals surface area contributed by atoms with Gasteiger partial charge in [0.15, 0.2) is 0 Å². The van der Waals surface area contributed by atoms with E-state index in [1.54, 1.807) is 10.9 Å². The molecule has 0 aromatic carbocycles. The van der Waals surface area contributed by atoms with Crippen molar-refractivity contribution < 1.29 is 9.90 Å². The Bertz CT molecular complexity index is 442. The lowest BCUT2D eigenvalue weighted by Gasteiger charge is -2.17. The Morgan fingerprint density at radius 1 is 1.53 bits per heavy atom. The third kappa shape index (κ3) is 3.15. The van der Waals surface area contributed by atoms with Crippen molar-refractivity contribution >= 4 is 5.91 Å². The van der Waals surface area contributed by atoms with Crippen LogP contribution in [0.25, 0.3) is 0 Å². The molecule has 2 rings (SSSR count). The summed E-state index contributed by atoms with van der Waals surface area (Å²) in [5.41, 5.74) is 1.51. The molecule has 0 radical (unpaired) electrons. The molecule has 2 unspecified atom stereocenters. The van der Waals surface area contributed by atoms with Crippen LogP contribution in [0.5, 0.6) is 0 Å². The zero-order chi connectivity index (χ0) is 13.8. The highest BCUT2D eigenvalue weighted by Gasteiger charge is 2.27. The molecule has 1 fully saturated rings. The molecule has 19 heavy (non-hydrogen) atoms. The van der Waals surface area contributed by atoms with Gasteiger partial charge in [-0.1, -0.05) is 13.3 Å². The van der Waals surface area contributed by atoms with Crippen molar-refractivity contribution in [1.82, 2.24) is 15.1 Å². The zero-order valence-corrected chi connectivity index (χ0v) is 11.7. The second-order valence-electron chi connectivity index (χ2n) is 5.36. The van der Waals surface area contributed by atoms with Gasteiger partial charge in [0.2, 0.25) is 0 Å². The molecular formula is C14H23N3O2. The molecule has 1 aromatic rings. The van der Waals surface area contributed by atoms with E-state index in [9.17, 15) is 9.90 Å². The topological polar surface area (TPSA) is 67.2 Å². The Labute approximate surface area is 114 Å².